The SMILES string of the molecule is CCCCC[SiH]1CCC([C@H]2CC[C@H](c3c(-c4ccccc4)ccc(F)c3F)CC2)CC1. The van der Waals surface area contributed by atoms with Gasteiger partial charge < -0.3 is 0 Å². The van der Waals surface area contributed by atoms with Crippen molar-refractivity contribution in [2.24, 2.45) is 11.8 Å². The minimum Gasteiger partial charge on any atom is -0.204 e. The maximum atomic E-state index is 15.0. The Kier molecular flexibility index (Phi) is 7.98. The first-order chi connectivity index (χ1) is 15.2. The van der Waals surface area contributed by atoms with Crippen molar-refractivity contribution in [3.63, 3.8) is 0 Å². The molecule has 1 aliphatic carbocycles. The van der Waals surface area contributed by atoms with Crippen molar-refractivity contribution in [1.82, 2.24) is 0 Å². The first-order valence-corrected chi connectivity index (χ1v) is 15.2. The van der Waals surface area contributed by atoms with Crippen molar-refractivity contribution < 1.29 is 8.78 Å². The van der Waals surface area contributed by atoms with Gasteiger partial charge in [-0.1, -0.05) is 93.6 Å². The Bertz CT molecular complexity index is 818. The Hall–Kier alpha value is -1.48. The van der Waals surface area contributed by atoms with E-state index in [1.165, 1.54) is 51.0 Å². The topological polar surface area (TPSA) is 0 Å². The van der Waals surface area contributed by atoms with Crippen LogP contribution in [0.1, 0.15) is 76.2 Å². The average Bonchev–Trinajstić information content (AvgIpc) is 2.82. The van der Waals surface area contributed by atoms with Gasteiger partial charge in [-0.05, 0) is 60.6 Å². The van der Waals surface area contributed by atoms with Gasteiger partial charge in [0, 0.05) is 14.4 Å². The molecule has 0 nitrogen and oxygen atoms in total. The number of hydrogen-bond acceptors (Lipinski definition) is 0. The molecule has 0 radical (unpaired) electrons. The molecule has 0 atom stereocenters. The van der Waals surface area contributed by atoms with Gasteiger partial charge in [0.1, 0.15) is 0 Å². The zero-order chi connectivity index (χ0) is 21.6. The zero-order valence-corrected chi connectivity index (χ0v) is 20.2. The molecule has 0 bridgehead atoms. The second-order valence-electron chi connectivity index (χ2n) is 10.1. The molecule has 2 aliphatic rings. The molecule has 0 spiro atoms. The van der Waals surface area contributed by atoms with Gasteiger partial charge in [0.05, 0.1) is 0 Å². The van der Waals surface area contributed by atoms with Gasteiger partial charge in [-0.2, -0.15) is 0 Å². The Morgan fingerprint density at radius 1 is 0.806 bits per heavy atom. The van der Waals surface area contributed by atoms with Crippen molar-refractivity contribution in [3.8, 4) is 11.1 Å². The normalized spacial score (nSPS) is 26.7. The molecule has 2 fully saturated rings. The minimum atomic E-state index is -0.705. The summed E-state index contributed by atoms with van der Waals surface area (Å²) in [5, 5.41) is 0. The fourth-order valence-corrected chi connectivity index (χ4v) is 9.88. The summed E-state index contributed by atoms with van der Waals surface area (Å²) in [6, 6.07) is 17.6. The molecule has 0 amide bonds. The van der Waals surface area contributed by atoms with Gasteiger partial charge >= 0.3 is 0 Å². The third-order valence-electron chi connectivity index (χ3n) is 8.17. The minimum absolute atomic E-state index is 0.141. The summed E-state index contributed by atoms with van der Waals surface area (Å²) in [6.45, 7) is 2.30. The van der Waals surface area contributed by atoms with E-state index in [0.717, 1.165) is 35.8 Å². The highest BCUT2D eigenvalue weighted by atomic mass is 28.3. The first-order valence-electron chi connectivity index (χ1n) is 12.7. The maximum absolute atomic E-state index is 15.0. The van der Waals surface area contributed by atoms with Gasteiger partial charge in [-0.15, -0.1) is 0 Å². The van der Waals surface area contributed by atoms with E-state index in [1.807, 2.05) is 30.3 Å². The van der Waals surface area contributed by atoms with Crippen molar-refractivity contribution in [2.45, 2.75) is 88.8 Å². The molecule has 2 aromatic rings. The van der Waals surface area contributed by atoms with E-state index in [0.29, 0.717) is 5.56 Å². The van der Waals surface area contributed by atoms with Crippen LogP contribution in [0.25, 0.3) is 11.1 Å². The lowest BCUT2D eigenvalue weighted by Crippen LogP contribution is -2.28. The third kappa shape index (κ3) is 5.48. The lowest BCUT2D eigenvalue weighted by molar-refractivity contribution is 0.214. The maximum Gasteiger partial charge on any atom is 0.162 e. The number of rotatable bonds is 7. The highest BCUT2D eigenvalue weighted by Gasteiger charge is 2.33. The van der Waals surface area contributed by atoms with Crippen molar-refractivity contribution in [1.29, 1.82) is 0 Å². The van der Waals surface area contributed by atoms with Gasteiger partial charge in [0.25, 0.3) is 0 Å². The molecular weight excluding hydrogens is 402 g/mol. The average molecular weight is 441 g/mol. The molecule has 1 saturated heterocycles. The molecule has 2 aromatic carbocycles. The molecule has 0 N–H and O–H groups in total. The van der Waals surface area contributed by atoms with Gasteiger partial charge in [0.15, 0.2) is 11.6 Å². The van der Waals surface area contributed by atoms with Crippen molar-refractivity contribution in [3.05, 3.63) is 59.7 Å². The molecule has 0 aromatic heterocycles. The second kappa shape index (κ2) is 10.9. The summed E-state index contributed by atoms with van der Waals surface area (Å²) >= 11 is 0. The molecule has 0 unspecified atom stereocenters. The summed E-state index contributed by atoms with van der Waals surface area (Å²) in [5.41, 5.74) is 2.49. The lowest BCUT2D eigenvalue weighted by atomic mass is 9.71. The quantitative estimate of drug-likeness (QED) is 0.298. The van der Waals surface area contributed by atoms with Crippen LogP contribution in [0, 0.1) is 23.5 Å². The zero-order valence-electron chi connectivity index (χ0n) is 19.1. The molecule has 31 heavy (non-hydrogen) atoms. The molecule has 3 heteroatoms. The van der Waals surface area contributed by atoms with E-state index >= 15 is 0 Å². The fourth-order valence-electron chi connectivity index (χ4n) is 6.35. The van der Waals surface area contributed by atoms with E-state index in [2.05, 4.69) is 6.92 Å². The molecular formula is C28H38F2Si. The smallest absolute Gasteiger partial charge is 0.162 e. The molecule has 168 valence electrons. The van der Waals surface area contributed by atoms with Crippen LogP contribution >= 0.6 is 0 Å². The van der Waals surface area contributed by atoms with Crippen LogP contribution in [0.15, 0.2) is 42.5 Å². The van der Waals surface area contributed by atoms with Crippen LogP contribution < -0.4 is 0 Å². The van der Waals surface area contributed by atoms with Crippen LogP contribution in [0.5, 0.6) is 0 Å². The summed E-state index contributed by atoms with van der Waals surface area (Å²) in [4.78, 5) is 0. The summed E-state index contributed by atoms with van der Waals surface area (Å²) in [5.74, 6) is 0.508. The molecule has 1 heterocycles. The highest BCUT2D eigenvalue weighted by Crippen LogP contribution is 2.46. The number of hydrogen-bond donors (Lipinski definition) is 0. The number of benzene rings is 2. The van der Waals surface area contributed by atoms with Crippen LogP contribution in [-0.2, 0) is 0 Å². The van der Waals surface area contributed by atoms with Crippen LogP contribution in [0.2, 0.25) is 18.1 Å². The Balaban J connectivity index is 1.38. The van der Waals surface area contributed by atoms with Crippen LogP contribution in [-0.4, -0.2) is 8.80 Å². The Morgan fingerprint density at radius 3 is 2.16 bits per heavy atom. The molecule has 1 saturated carbocycles. The van der Waals surface area contributed by atoms with E-state index in [1.54, 1.807) is 24.2 Å². The standard InChI is InChI=1S/C28H38F2Si/c1-2-3-7-18-31-19-16-22(17-20-31)21-10-12-24(13-11-21)27-25(14-15-26(29)28(27)30)23-8-5-4-6-9-23/h4-6,8-9,14-15,21-22,24,31H,2-3,7,10-13,16-20H2,1H3/t21-,22?,24-,31?. The van der Waals surface area contributed by atoms with Crippen LogP contribution in [0.4, 0.5) is 8.78 Å². The molecule has 1 aliphatic heterocycles. The third-order valence-corrected chi connectivity index (χ3v) is 11.7. The number of unbranched alkanes of at least 4 members (excludes halogenated alkanes) is 2. The van der Waals surface area contributed by atoms with E-state index in [9.17, 15) is 8.78 Å². The van der Waals surface area contributed by atoms with Crippen molar-refractivity contribution in [2.75, 3.05) is 0 Å². The fraction of sp³-hybridized carbons (Fsp3) is 0.571. The van der Waals surface area contributed by atoms with Gasteiger partial charge in [-0.3, -0.25) is 0 Å². The van der Waals surface area contributed by atoms with Crippen LogP contribution in [0.3, 0.4) is 0 Å². The monoisotopic (exact) mass is 440 g/mol. The van der Waals surface area contributed by atoms with E-state index in [4.69, 9.17) is 0 Å². The van der Waals surface area contributed by atoms with Gasteiger partial charge in [-0.25, -0.2) is 8.78 Å². The van der Waals surface area contributed by atoms with Gasteiger partial charge in [0.2, 0.25) is 0 Å². The predicted octanol–water partition coefficient (Wildman–Crippen LogP) is 8.73. The van der Waals surface area contributed by atoms with Crippen molar-refractivity contribution >= 4 is 8.80 Å². The second-order valence-corrected chi connectivity index (χ2v) is 13.5. The largest absolute Gasteiger partial charge is 0.204 e. The van der Waals surface area contributed by atoms with E-state index < -0.39 is 20.4 Å². The van der Waals surface area contributed by atoms with E-state index in [-0.39, 0.29) is 5.92 Å². The highest BCUT2D eigenvalue weighted by molar-refractivity contribution is 6.58. The lowest BCUT2D eigenvalue weighted by Gasteiger charge is -2.38. The Labute approximate surface area is 189 Å². The summed E-state index contributed by atoms with van der Waals surface area (Å²) in [7, 11) is -0.457. The number of halogens is 2. The predicted molar refractivity (Wildman–Crippen MR) is 130 cm³/mol. The molecule has 4 rings (SSSR count). The first kappa shape index (κ1) is 22.7. The Morgan fingerprint density at radius 2 is 1.48 bits per heavy atom. The summed E-state index contributed by atoms with van der Waals surface area (Å²) < 4.78 is 29.2. The summed E-state index contributed by atoms with van der Waals surface area (Å²) in [6.07, 6.45) is 11.5.